The number of hydrogen-bond acceptors (Lipinski definition) is 6. The fraction of sp³-hybridized carbons (Fsp3) is 0.556. The molecular weight excluding hydrogens is 304 g/mol. The van der Waals surface area contributed by atoms with E-state index in [0.29, 0.717) is 24.5 Å². The number of ether oxygens (including phenoxy) is 1. The number of aromatic nitrogens is 2. The molecule has 2 fully saturated rings. The minimum Gasteiger partial charge on any atom is -0.497 e. The van der Waals surface area contributed by atoms with Gasteiger partial charge in [0.25, 0.3) is 0 Å². The maximum Gasteiger partial charge on any atom is 0.223 e. The molecule has 0 radical (unpaired) electrons. The summed E-state index contributed by atoms with van der Waals surface area (Å²) in [6, 6.07) is 9.96. The van der Waals surface area contributed by atoms with E-state index in [1.807, 2.05) is 13.0 Å². The van der Waals surface area contributed by atoms with Crippen molar-refractivity contribution in [2.45, 2.75) is 50.9 Å². The summed E-state index contributed by atoms with van der Waals surface area (Å²) in [6.45, 7) is 3.59. The molecule has 128 valence electrons. The molecular formula is C18H24N4O2. The number of methoxy groups -OCH3 is 1. The molecule has 0 bridgehead atoms. The van der Waals surface area contributed by atoms with Gasteiger partial charge in [0.1, 0.15) is 5.75 Å². The summed E-state index contributed by atoms with van der Waals surface area (Å²) in [5.74, 6) is 2.26. The Morgan fingerprint density at radius 1 is 1.33 bits per heavy atom. The lowest BCUT2D eigenvalue weighted by molar-refractivity contribution is 0.225. The van der Waals surface area contributed by atoms with Crippen molar-refractivity contribution in [2.24, 2.45) is 0 Å². The van der Waals surface area contributed by atoms with Crippen molar-refractivity contribution in [3.8, 4) is 5.75 Å². The number of nitrogens with one attached hydrogen (secondary N) is 1. The Labute approximate surface area is 142 Å². The van der Waals surface area contributed by atoms with Gasteiger partial charge in [0.15, 0.2) is 5.82 Å². The second kappa shape index (κ2) is 6.53. The largest absolute Gasteiger partial charge is 0.497 e. The fourth-order valence-corrected chi connectivity index (χ4v) is 3.73. The molecule has 1 saturated heterocycles. The van der Waals surface area contributed by atoms with Crippen LogP contribution in [0.2, 0.25) is 0 Å². The zero-order valence-corrected chi connectivity index (χ0v) is 14.2. The molecule has 1 saturated carbocycles. The number of hydrogen-bond donors (Lipinski definition) is 1. The van der Waals surface area contributed by atoms with Crippen LogP contribution in [0.4, 0.5) is 0 Å². The Kier molecular flexibility index (Phi) is 4.24. The lowest BCUT2D eigenvalue weighted by Gasteiger charge is -2.29. The molecule has 2 heterocycles. The summed E-state index contributed by atoms with van der Waals surface area (Å²) < 4.78 is 10.5. The number of rotatable bonds is 6. The van der Waals surface area contributed by atoms with E-state index in [2.05, 4.69) is 38.6 Å². The average Bonchev–Trinajstić information content (AvgIpc) is 3.23. The van der Waals surface area contributed by atoms with Gasteiger partial charge in [-0.05, 0) is 37.0 Å². The Morgan fingerprint density at radius 3 is 2.92 bits per heavy atom. The number of benzene rings is 1. The molecule has 2 aromatic rings. The molecule has 1 N–H and O–H groups in total. The van der Waals surface area contributed by atoms with Gasteiger partial charge in [-0.3, -0.25) is 4.90 Å². The maximum absolute atomic E-state index is 5.42. The maximum atomic E-state index is 5.42. The highest BCUT2D eigenvalue weighted by atomic mass is 16.5. The van der Waals surface area contributed by atoms with Crippen LogP contribution in [0, 0.1) is 6.92 Å². The third-order valence-corrected chi connectivity index (χ3v) is 4.98. The molecule has 1 aromatic carbocycles. The summed E-state index contributed by atoms with van der Waals surface area (Å²) in [5, 5.41) is 7.63. The van der Waals surface area contributed by atoms with Gasteiger partial charge in [0.05, 0.1) is 19.7 Å². The van der Waals surface area contributed by atoms with Gasteiger partial charge in [0, 0.05) is 25.6 Å². The zero-order valence-electron chi connectivity index (χ0n) is 14.2. The Balaban J connectivity index is 1.53. The molecule has 2 aliphatic rings. The second-order valence-corrected chi connectivity index (χ2v) is 6.70. The minimum atomic E-state index is 0.376. The molecule has 1 aliphatic heterocycles. The quantitative estimate of drug-likeness (QED) is 0.879. The summed E-state index contributed by atoms with van der Waals surface area (Å²) >= 11 is 0. The first-order valence-electron chi connectivity index (χ1n) is 8.67. The summed E-state index contributed by atoms with van der Waals surface area (Å²) in [5.41, 5.74) is 1.32. The van der Waals surface area contributed by atoms with Crippen molar-refractivity contribution in [1.82, 2.24) is 20.4 Å². The van der Waals surface area contributed by atoms with Gasteiger partial charge >= 0.3 is 0 Å². The van der Waals surface area contributed by atoms with E-state index < -0.39 is 0 Å². The lowest BCUT2D eigenvalue weighted by Crippen LogP contribution is -2.36. The van der Waals surface area contributed by atoms with Crippen LogP contribution < -0.4 is 10.1 Å². The second-order valence-electron chi connectivity index (χ2n) is 6.70. The highest BCUT2D eigenvalue weighted by Crippen LogP contribution is 2.41. The predicted octanol–water partition coefficient (Wildman–Crippen LogP) is 2.45. The smallest absolute Gasteiger partial charge is 0.223 e. The van der Waals surface area contributed by atoms with Crippen LogP contribution in [0.3, 0.4) is 0 Å². The van der Waals surface area contributed by atoms with Crippen LogP contribution in [-0.2, 0) is 6.54 Å². The van der Waals surface area contributed by atoms with Crippen LogP contribution in [0.15, 0.2) is 28.8 Å². The van der Waals surface area contributed by atoms with E-state index in [9.17, 15) is 0 Å². The van der Waals surface area contributed by atoms with E-state index in [-0.39, 0.29) is 0 Å². The van der Waals surface area contributed by atoms with Crippen molar-refractivity contribution in [2.75, 3.05) is 13.7 Å². The average molecular weight is 328 g/mol. The van der Waals surface area contributed by atoms with Gasteiger partial charge in [-0.15, -0.1) is 0 Å². The van der Waals surface area contributed by atoms with E-state index in [4.69, 9.17) is 9.26 Å². The van der Waals surface area contributed by atoms with Gasteiger partial charge < -0.3 is 14.6 Å². The molecule has 24 heavy (non-hydrogen) atoms. The molecule has 2 atom stereocenters. The minimum absolute atomic E-state index is 0.376. The predicted molar refractivity (Wildman–Crippen MR) is 89.7 cm³/mol. The van der Waals surface area contributed by atoms with Crippen LogP contribution >= 0.6 is 0 Å². The molecule has 6 nitrogen and oxygen atoms in total. The Hall–Kier alpha value is -1.92. The molecule has 0 amide bonds. The van der Waals surface area contributed by atoms with Gasteiger partial charge in [-0.2, -0.15) is 4.98 Å². The van der Waals surface area contributed by atoms with Gasteiger partial charge in [-0.1, -0.05) is 17.3 Å². The molecule has 0 spiro atoms. The normalized spacial score (nSPS) is 24.4. The monoisotopic (exact) mass is 328 g/mol. The van der Waals surface area contributed by atoms with Crippen LogP contribution in [0.1, 0.15) is 42.6 Å². The van der Waals surface area contributed by atoms with E-state index in [1.165, 1.54) is 18.4 Å². The number of aryl methyl sites for hydroxylation is 1. The number of nitrogens with zero attached hydrogens (tertiary/aromatic N) is 3. The fourth-order valence-electron chi connectivity index (χ4n) is 3.73. The Morgan fingerprint density at radius 2 is 2.21 bits per heavy atom. The van der Waals surface area contributed by atoms with Crippen LogP contribution in [0.5, 0.6) is 5.75 Å². The SMILES string of the molecule is COc1cccc([C@H]2[C@@H](NCc3noc(C)n3)CCN2C2CC2)c1. The molecule has 6 heteroatoms. The van der Waals surface area contributed by atoms with E-state index in [0.717, 1.165) is 30.6 Å². The van der Waals surface area contributed by atoms with Crippen molar-refractivity contribution in [3.05, 3.63) is 41.5 Å². The molecule has 1 aromatic heterocycles. The van der Waals surface area contributed by atoms with Crippen molar-refractivity contribution in [3.63, 3.8) is 0 Å². The zero-order chi connectivity index (χ0) is 16.5. The highest BCUT2D eigenvalue weighted by molar-refractivity contribution is 5.32. The van der Waals surface area contributed by atoms with E-state index in [1.54, 1.807) is 7.11 Å². The summed E-state index contributed by atoms with van der Waals surface area (Å²) in [4.78, 5) is 6.94. The first kappa shape index (κ1) is 15.6. The van der Waals surface area contributed by atoms with Gasteiger partial charge in [-0.25, -0.2) is 0 Å². The van der Waals surface area contributed by atoms with E-state index >= 15 is 0 Å². The third-order valence-electron chi connectivity index (χ3n) is 4.98. The topological polar surface area (TPSA) is 63.4 Å². The highest BCUT2D eigenvalue weighted by Gasteiger charge is 2.42. The van der Waals surface area contributed by atoms with Gasteiger partial charge in [0.2, 0.25) is 5.89 Å². The summed E-state index contributed by atoms with van der Waals surface area (Å²) in [6.07, 6.45) is 3.77. The first-order valence-corrected chi connectivity index (χ1v) is 8.67. The van der Waals surface area contributed by atoms with Crippen LogP contribution in [0.25, 0.3) is 0 Å². The van der Waals surface area contributed by atoms with Crippen LogP contribution in [-0.4, -0.2) is 40.8 Å². The molecule has 4 rings (SSSR count). The standard InChI is InChI=1S/C18H24N4O2/c1-12-20-17(21-24-12)11-19-16-8-9-22(14-6-7-14)18(16)13-4-3-5-15(10-13)23-2/h3-5,10,14,16,18-19H,6-9,11H2,1-2H3/t16-,18-/m0/s1. The van der Waals surface area contributed by atoms with Crippen molar-refractivity contribution < 1.29 is 9.26 Å². The molecule has 0 unspecified atom stereocenters. The van der Waals surface area contributed by atoms with Crippen molar-refractivity contribution >= 4 is 0 Å². The summed E-state index contributed by atoms with van der Waals surface area (Å²) in [7, 11) is 1.72. The molecule has 1 aliphatic carbocycles. The third kappa shape index (κ3) is 3.16. The first-order chi connectivity index (χ1) is 11.7. The number of likely N-dealkylation sites (tertiary alicyclic amines) is 1. The van der Waals surface area contributed by atoms with Crippen molar-refractivity contribution in [1.29, 1.82) is 0 Å². The Bertz CT molecular complexity index is 698. The lowest BCUT2D eigenvalue weighted by atomic mass is 9.99.